The van der Waals surface area contributed by atoms with Crippen molar-refractivity contribution < 1.29 is 9.53 Å². The number of allylic oxidation sites excluding steroid dienone is 1. The maximum Gasteiger partial charge on any atom is 0.193 e. The van der Waals surface area contributed by atoms with Gasteiger partial charge in [0.05, 0.1) is 6.04 Å². The Labute approximate surface area is 194 Å². The maximum atomic E-state index is 13.3. The fraction of sp³-hybridized carbons (Fsp3) is 0.185. The van der Waals surface area contributed by atoms with Crippen molar-refractivity contribution in [3.63, 3.8) is 0 Å². The summed E-state index contributed by atoms with van der Waals surface area (Å²) in [6.07, 6.45) is 0. The first-order valence-electron chi connectivity index (χ1n) is 10.7. The summed E-state index contributed by atoms with van der Waals surface area (Å²) in [5.41, 5.74) is 4.28. The summed E-state index contributed by atoms with van der Waals surface area (Å²) in [7, 11) is 0. The van der Waals surface area contributed by atoms with E-state index in [2.05, 4.69) is 36.6 Å². The Hall–Kier alpha value is -3.44. The summed E-state index contributed by atoms with van der Waals surface area (Å²) < 4.78 is 6.00. The number of Topliss-reactive ketones (excluding diaryl/α,β-unsaturated/α-hetero) is 1. The number of nitrogens with one attached hydrogen (secondary N) is 2. The second-order valence-corrected chi connectivity index (χ2v) is 8.57. The number of thiocarbonyl (C=S) groups is 1. The number of rotatable bonds is 6. The quantitative estimate of drug-likeness (QED) is 0.348. The number of carbonyl (C=O) groups is 1. The molecular weight excluding hydrogens is 416 g/mol. The first kappa shape index (κ1) is 21.8. The first-order valence-corrected chi connectivity index (χ1v) is 11.1. The third-order valence-electron chi connectivity index (χ3n) is 5.55. The van der Waals surface area contributed by atoms with Gasteiger partial charge in [-0.2, -0.15) is 0 Å². The van der Waals surface area contributed by atoms with Crippen LogP contribution in [0, 0.1) is 0 Å². The lowest BCUT2D eigenvalue weighted by molar-refractivity contribution is 0.102. The highest BCUT2D eigenvalue weighted by atomic mass is 32.1. The summed E-state index contributed by atoms with van der Waals surface area (Å²) in [6, 6.07) is 24.9. The van der Waals surface area contributed by atoms with Gasteiger partial charge in [-0.25, -0.2) is 0 Å². The number of hydrogen-bond acceptors (Lipinski definition) is 3. The highest BCUT2D eigenvalue weighted by Gasteiger charge is 2.30. The van der Waals surface area contributed by atoms with E-state index in [4.69, 9.17) is 17.0 Å². The highest BCUT2D eigenvalue weighted by molar-refractivity contribution is 7.80. The minimum Gasteiger partial charge on any atom is -0.457 e. The van der Waals surface area contributed by atoms with Crippen LogP contribution in [0.4, 0.5) is 0 Å². The van der Waals surface area contributed by atoms with E-state index in [-0.39, 0.29) is 11.8 Å². The predicted octanol–water partition coefficient (Wildman–Crippen LogP) is 6.28. The van der Waals surface area contributed by atoms with Gasteiger partial charge in [-0.3, -0.25) is 4.79 Å². The van der Waals surface area contributed by atoms with Gasteiger partial charge in [-0.15, -0.1) is 0 Å². The fourth-order valence-electron chi connectivity index (χ4n) is 3.78. The minimum absolute atomic E-state index is 0.0267. The zero-order valence-electron chi connectivity index (χ0n) is 18.4. The Morgan fingerprint density at radius 1 is 0.906 bits per heavy atom. The van der Waals surface area contributed by atoms with E-state index in [9.17, 15) is 4.79 Å². The average Bonchev–Trinajstić information content (AvgIpc) is 2.79. The molecule has 0 saturated heterocycles. The zero-order chi connectivity index (χ0) is 22.7. The van der Waals surface area contributed by atoms with Gasteiger partial charge in [-0.05, 0) is 60.5 Å². The third-order valence-corrected chi connectivity index (χ3v) is 5.77. The average molecular weight is 443 g/mol. The monoisotopic (exact) mass is 442 g/mol. The summed E-state index contributed by atoms with van der Waals surface area (Å²) in [5.74, 6) is 1.98. The molecule has 1 heterocycles. The van der Waals surface area contributed by atoms with E-state index in [1.807, 2.05) is 73.7 Å². The second kappa shape index (κ2) is 9.37. The van der Waals surface area contributed by atoms with Crippen LogP contribution in [-0.2, 0) is 0 Å². The molecule has 4 rings (SSSR count). The smallest absolute Gasteiger partial charge is 0.193 e. The van der Waals surface area contributed by atoms with Crippen LogP contribution in [-0.4, -0.2) is 10.9 Å². The maximum absolute atomic E-state index is 13.3. The van der Waals surface area contributed by atoms with Crippen molar-refractivity contribution in [3.8, 4) is 11.5 Å². The molecule has 5 heteroatoms. The van der Waals surface area contributed by atoms with Gasteiger partial charge in [0.1, 0.15) is 11.5 Å². The van der Waals surface area contributed by atoms with Gasteiger partial charge in [0.15, 0.2) is 10.9 Å². The van der Waals surface area contributed by atoms with Gasteiger partial charge in [0.2, 0.25) is 0 Å². The Kier molecular flexibility index (Phi) is 6.37. The Morgan fingerprint density at radius 2 is 1.50 bits per heavy atom. The molecule has 2 N–H and O–H groups in total. The number of hydrogen-bond donors (Lipinski definition) is 2. The normalized spacial score (nSPS) is 15.9. The van der Waals surface area contributed by atoms with Crippen LogP contribution in [0.2, 0.25) is 0 Å². The van der Waals surface area contributed by atoms with Crippen LogP contribution in [0.3, 0.4) is 0 Å². The van der Waals surface area contributed by atoms with E-state index in [1.54, 1.807) is 0 Å². The van der Waals surface area contributed by atoms with E-state index in [1.165, 1.54) is 5.56 Å². The SMILES string of the molecule is CC1=C(C(=O)c2ccccc2)C(c2ccc(Oc3ccc(C(C)C)cc3)cc2)NC(=S)N1. The molecule has 1 aliphatic heterocycles. The van der Waals surface area contributed by atoms with Crippen molar-refractivity contribution in [2.45, 2.75) is 32.7 Å². The first-order chi connectivity index (χ1) is 15.4. The van der Waals surface area contributed by atoms with Crippen LogP contribution in [0.1, 0.15) is 54.2 Å². The molecule has 1 unspecified atom stereocenters. The van der Waals surface area contributed by atoms with Crippen LogP contribution in [0.5, 0.6) is 11.5 Å². The van der Waals surface area contributed by atoms with Gasteiger partial charge < -0.3 is 15.4 Å². The van der Waals surface area contributed by atoms with Crippen LogP contribution in [0.25, 0.3) is 0 Å². The molecule has 0 aliphatic carbocycles. The molecule has 0 bridgehead atoms. The van der Waals surface area contributed by atoms with Crippen molar-refractivity contribution in [1.29, 1.82) is 0 Å². The molecule has 0 radical (unpaired) electrons. The molecule has 4 nitrogen and oxygen atoms in total. The minimum atomic E-state index is -0.337. The summed E-state index contributed by atoms with van der Waals surface area (Å²) in [5, 5.41) is 6.84. The van der Waals surface area contributed by atoms with Gasteiger partial charge in [0, 0.05) is 16.8 Å². The van der Waals surface area contributed by atoms with Gasteiger partial charge in [-0.1, -0.05) is 68.4 Å². The molecule has 3 aromatic rings. The number of ether oxygens (including phenoxy) is 1. The van der Waals surface area contributed by atoms with Gasteiger partial charge in [0.25, 0.3) is 0 Å². The molecule has 1 atom stereocenters. The molecule has 0 aromatic heterocycles. The molecule has 162 valence electrons. The molecule has 0 amide bonds. The van der Waals surface area contributed by atoms with Crippen LogP contribution < -0.4 is 15.4 Å². The number of benzene rings is 3. The highest BCUT2D eigenvalue weighted by Crippen LogP contribution is 2.31. The Bertz CT molecular complexity index is 1150. The lowest BCUT2D eigenvalue weighted by atomic mass is 9.90. The van der Waals surface area contributed by atoms with Crippen molar-refractivity contribution >= 4 is 23.1 Å². The molecular formula is C27H26N2O2S. The number of carbonyl (C=O) groups excluding carboxylic acids is 1. The largest absolute Gasteiger partial charge is 0.457 e. The Balaban J connectivity index is 1.58. The van der Waals surface area contributed by atoms with E-state index in [0.717, 1.165) is 22.8 Å². The second-order valence-electron chi connectivity index (χ2n) is 8.16. The van der Waals surface area contributed by atoms with Crippen LogP contribution >= 0.6 is 12.2 Å². The lowest BCUT2D eigenvalue weighted by Crippen LogP contribution is -2.44. The van der Waals surface area contributed by atoms with Crippen LogP contribution in [0.15, 0.2) is 90.1 Å². The fourth-order valence-corrected chi connectivity index (χ4v) is 4.05. The summed E-state index contributed by atoms with van der Waals surface area (Å²) in [4.78, 5) is 13.3. The van der Waals surface area contributed by atoms with Crippen molar-refractivity contribution in [1.82, 2.24) is 10.6 Å². The van der Waals surface area contributed by atoms with Crippen molar-refractivity contribution in [2.75, 3.05) is 0 Å². The molecule has 0 saturated carbocycles. The van der Waals surface area contributed by atoms with E-state index >= 15 is 0 Å². The summed E-state index contributed by atoms with van der Waals surface area (Å²) >= 11 is 5.36. The third kappa shape index (κ3) is 4.73. The molecule has 0 spiro atoms. The van der Waals surface area contributed by atoms with E-state index in [0.29, 0.717) is 22.2 Å². The standard InChI is InChI=1S/C27H26N2O2S/c1-17(2)19-9-13-22(14-10-19)31-23-15-11-20(12-16-23)25-24(18(3)28-27(32)29-25)26(30)21-7-5-4-6-8-21/h4-17,25H,1-3H3,(H2,28,29,32). The molecule has 0 fully saturated rings. The van der Waals surface area contributed by atoms with Gasteiger partial charge >= 0.3 is 0 Å². The lowest BCUT2D eigenvalue weighted by Gasteiger charge is -2.30. The molecule has 3 aromatic carbocycles. The van der Waals surface area contributed by atoms with Crippen molar-refractivity contribution in [2.24, 2.45) is 0 Å². The molecule has 1 aliphatic rings. The van der Waals surface area contributed by atoms with Crippen molar-refractivity contribution in [3.05, 3.63) is 107 Å². The Morgan fingerprint density at radius 3 is 2.09 bits per heavy atom. The molecule has 32 heavy (non-hydrogen) atoms. The summed E-state index contributed by atoms with van der Waals surface area (Å²) in [6.45, 7) is 6.22. The topological polar surface area (TPSA) is 50.4 Å². The predicted molar refractivity (Wildman–Crippen MR) is 132 cm³/mol. The zero-order valence-corrected chi connectivity index (χ0v) is 19.2. The van der Waals surface area contributed by atoms with E-state index < -0.39 is 0 Å². The number of ketones is 1.